The van der Waals surface area contributed by atoms with Gasteiger partial charge in [-0.1, -0.05) is 43.0 Å². The molecule has 1 aromatic heterocycles. The van der Waals surface area contributed by atoms with Gasteiger partial charge in [-0.15, -0.1) is 0 Å². The second-order valence-corrected chi connectivity index (χ2v) is 8.03. The molecule has 144 valence electrons. The number of hydrogen-bond donors (Lipinski definition) is 1. The van der Waals surface area contributed by atoms with Crippen molar-refractivity contribution in [1.82, 2.24) is 10.3 Å². The van der Waals surface area contributed by atoms with Crippen molar-refractivity contribution in [3.63, 3.8) is 0 Å². The van der Waals surface area contributed by atoms with E-state index in [-0.39, 0.29) is 17.4 Å². The predicted octanol–water partition coefficient (Wildman–Crippen LogP) is 4.81. The van der Waals surface area contributed by atoms with Crippen LogP contribution in [0.1, 0.15) is 72.9 Å². The highest BCUT2D eigenvalue weighted by Crippen LogP contribution is 2.39. The maximum Gasteiger partial charge on any atom is 0.273 e. The first kappa shape index (κ1) is 18.5. The van der Waals surface area contributed by atoms with Crippen molar-refractivity contribution in [2.45, 2.75) is 56.5 Å². The number of nitrogens with one attached hydrogen (secondary N) is 1. The quantitative estimate of drug-likeness (QED) is 0.798. The van der Waals surface area contributed by atoms with Crippen LogP contribution in [0.15, 0.2) is 35.1 Å². The Bertz CT molecular complexity index is 775. The second kappa shape index (κ2) is 8.03. The number of hydrogen-bond acceptors (Lipinski definition) is 4. The van der Waals surface area contributed by atoms with Crippen LogP contribution in [0.25, 0.3) is 0 Å². The highest BCUT2D eigenvalue weighted by atomic mass is 35.5. The molecule has 4 rings (SSSR count). The molecule has 1 atom stereocenters. The fourth-order valence-electron chi connectivity index (χ4n) is 4.37. The predicted molar refractivity (Wildman–Crippen MR) is 103 cm³/mol. The van der Waals surface area contributed by atoms with Gasteiger partial charge in [0.1, 0.15) is 6.10 Å². The summed E-state index contributed by atoms with van der Waals surface area (Å²) >= 11 is 6.07. The van der Waals surface area contributed by atoms with Gasteiger partial charge < -0.3 is 14.5 Å². The zero-order valence-electron chi connectivity index (χ0n) is 15.4. The molecule has 1 aliphatic carbocycles. The van der Waals surface area contributed by atoms with Crippen LogP contribution in [0.3, 0.4) is 0 Å². The van der Waals surface area contributed by atoms with Gasteiger partial charge in [-0.25, -0.2) is 4.98 Å². The number of oxazole rings is 1. The van der Waals surface area contributed by atoms with Crippen molar-refractivity contribution in [1.29, 1.82) is 0 Å². The molecule has 2 aliphatic rings. The molecule has 1 saturated carbocycles. The van der Waals surface area contributed by atoms with E-state index in [1.807, 2.05) is 12.1 Å². The van der Waals surface area contributed by atoms with Gasteiger partial charge in [0.25, 0.3) is 5.91 Å². The molecular weight excluding hydrogens is 364 g/mol. The van der Waals surface area contributed by atoms with Crippen LogP contribution < -0.4 is 5.32 Å². The number of benzene rings is 1. The van der Waals surface area contributed by atoms with Crippen LogP contribution >= 0.6 is 11.6 Å². The minimum Gasteiger partial charge on any atom is -0.445 e. The Labute approximate surface area is 164 Å². The van der Waals surface area contributed by atoms with E-state index < -0.39 is 0 Å². The number of halogens is 1. The molecule has 5 nitrogen and oxygen atoms in total. The van der Waals surface area contributed by atoms with E-state index in [4.69, 9.17) is 20.8 Å². The van der Waals surface area contributed by atoms with Crippen molar-refractivity contribution in [3.05, 3.63) is 52.7 Å². The van der Waals surface area contributed by atoms with Crippen molar-refractivity contribution in [3.8, 4) is 0 Å². The minimum atomic E-state index is -0.187. The number of ether oxygens (including phenoxy) is 1. The Kier molecular flexibility index (Phi) is 5.50. The van der Waals surface area contributed by atoms with Crippen LogP contribution in [0, 0.1) is 0 Å². The third-order valence-electron chi connectivity index (χ3n) is 5.89. The zero-order chi connectivity index (χ0) is 18.7. The molecule has 0 spiro atoms. The van der Waals surface area contributed by atoms with Gasteiger partial charge in [-0.3, -0.25) is 4.79 Å². The van der Waals surface area contributed by atoms with Gasteiger partial charge in [0.15, 0.2) is 17.8 Å². The molecule has 1 aliphatic heterocycles. The van der Waals surface area contributed by atoms with Gasteiger partial charge in [-0.05, 0) is 43.4 Å². The Morgan fingerprint density at radius 2 is 1.96 bits per heavy atom. The van der Waals surface area contributed by atoms with E-state index in [0.717, 1.165) is 30.7 Å². The first-order valence-corrected chi connectivity index (χ1v) is 10.1. The zero-order valence-corrected chi connectivity index (χ0v) is 16.1. The van der Waals surface area contributed by atoms with Crippen LogP contribution in [0.4, 0.5) is 0 Å². The first-order chi connectivity index (χ1) is 13.2. The molecule has 27 heavy (non-hydrogen) atoms. The molecule has 6 heteroatoms. The van der Waals surface area contributed by atoms with E-state index in [2.05, 4.69) is 22.4 Å². The highest BCUT2D eigenvalue weighted by molar-refractivity contribution is 6.30. The Morgan fingerprint density at radius 1 is 1.19 bits per heavy atom. The lowest BCUT2D eigenvalue weighted by Crippen LogP contribution is -2.42. The smallest absolute Gasteiger partial charge is 0.273 e. The topological polar surface area (TPSA) is 64.4 Å². The molecule has 1 aromatic carbocycles. The standard InChI is InChI=1S/C21H25ClN2O3/c22-16-8-6-15(7-9-16)21(10-2-1-3-11-21)13-23-20(25)18-19(27-14-24-18)17-5-4-12-26-17/h6-9,14,17H,1-5,10-13H2,(H,23,25)/t17-/m0/s1. The third kappa shape index (κ3) is 3.90. The maximum absolute atomic E-state index is 12.8. The summed E-state index contributed by atoms with van der Waals surface area (Å²) in [6.45, 7) is 1.29. The second-order valence-electron chi connectivity index (χ2n) is 7.60. The monoisotopic (exact) mass is 388 g/mol. The van der Waals surface area contributed by atoms with Gasteiger partial charge in [0.2, 0.25) is 0 Å². The molecule has 2 fully saturated rings. The molecule has 2 heterocycles. The summed E-state index contributed by atoms with van der Waals surface area (Å²) < 4.78 is 11.1. The summed E-state index contributed by atoms with van der Waals surface area (Å²) in [6, 6.07) is 8.05. The lowest BCUT2D eigenvalue weighted by Gasteiger charge is -2.38. The average Bonchev–Trinajstić information content (AvgIpc) is 3.38. The summed E-state index contributed by atoms with van der Waals surface area (Å²) in [4.78, 5) is 17.0. The molecule has 1 amide bonds. The van der Waals surface area contributed by atoms with Gasteiger partial charge in [-0.2, -0.15) is 0 Å². The maximum atomic E-state index is 12.8. The summed E-state index contributed by atoms with van der Waals surface area (Å²) in [5, 5.41) is 3.86. The lowest BCUT2D eigenvalue weighted by molar-refractivity contribution is 0.0853. The van der Waals surface area contributed by atoms with Crippen LogP contribution in [0.5, 0.6) is 0 Å². The van der Waals surface area contributed by atoms with E-state index >= 15 is 0 Å². The number of carbonyl (C=O) groups excluding carboxylic acids is 1. The van der Waals surface area contributed by atoms with Crippen molar-refractivity contribution in [2.24, 2.45) is 0 Å². The normalized spacial score (nSPS) is 21.9. The van der Waals surface area contributed by atoms with E-state index in [9.17, 15) is 4.79 Å². The van der Waals surface area contributed by atoms with E-state index in [1.165, 1.54) is 31.2 Å². The molecular formula is C21H25ClN2O3. The number of aromatic nitrogens is 1. The minimum absolute atomic E-state index is 0.0493. The van der Waals surface area contributed by atoms with Gasteiger partial charge >= 0.3 is 0 Å². The van der Waals surface area contributed by atoms with E-state index in [0.29, 0.717) is 24.6 Å². The molecule has 1 N–H and O–H groups in total. The molecule has 1 saturated heterocycles. The number of carbonyl (C=O) groups is 1. The summed E-state index contributed by atoms with van der Waals surface area (Å²) in [5.41, 5.74) is 1.54. The van der Waals surface area contributed by atoms with Crippen molar-refractivity contribution >= 4 is 17.5 Å². The summed E-state index contributed by atoms with van der Waals surface area (Å²) in [5.74, 6) is 0.363. The lowest BCUT2D eigenvalue weighted by atomic mass is 9.69. The Hall–Kier alpha value is -1.85. The van der Waals surface area contributed by atoms with Crippen molar-refractivity contribution in [2.75, 3.05) is 13.2 Å². The van der Waals surface area contributed by atoms with Crippen molar-refractivity contribution < 1.29 is 13.9 Å². The first-order valence-electron chi connectivity index (χ1n) is 9.77. The van der Waals surface area contributed by atoms with Crippen LogP contribution in [-0.2, 0) is 10.2 Å². The Morgan fingerprint density at radius 3 is 2.67 bits per heavy atom. The summed E-state index contributed by atoms with van der Waals surface area (Å²) in [6.07, 6.45) is 8.73. The number of rotatable bonds is 5. The third-order valence-corrected chi connectivity index (χ3v) is 6.14. The van der Waals surface area contributed by atoms with E-state index in [1.54, 1.807) is 0 Å². The molecule has 2 aromatic rings. The van der Waals surface area contributed by atoms with Gasteiger partial charge in [0.05, 0.1) is 0 Å². The highest BCUT2D eigenvalue weighted by Gasteiger charge is 2.35. The number of amides is 1. The molecule has 0 bridgehead atoms. The fourth-order valence-corrected chi connectivity index (χ4v) is 4.50. The molecule has 0 unspecified atom stereocenters. The molecule has 0 radical (unpaired) electrons. The largest absolute Gasteiger partial charge is 0.445 e. The number of nitrogens with zero attached hydrogens (tertiary/aromatic N) is 1. The van der Waals surface area contributed by atoms with Crippen LogP contribution in [0.2, 0.25) is 5.02 Å². The van der Waals surface area contributed by atoms with Crippen LogP contribution in [-0.4, -0.2) is 24.0 Å². The van der Waals surface area contributed by atoms with Gasteiger partial charge in [0, 0.05) is 23.6 Å². The summed E-state index contributed by atoms with van der Waals surface area (Å²) in [7, 11) is 0. The fraction of sp³-hybridized carbons (Fsp3) is 0.524. The SMILES string of the molecule is O=C(NCC1(c2ccc(Cl)cc2)CCCCC1)c1ncoc1[C@@H]1CCCO1. The Balaban J connectivity index is 1.50. The average molecular weight is 389 g/mol.